The molecule has 1 saturated heterocycles. The number of aliphatic hydroxyl groups excluding tert-OH is 1. The maximum absolute atomic E-state index is 9.40. The van der Waals surface area contributed by atoms with Crippen molar-refractivity contribution in [3.63, 3.8) is 0 Å². The highest BCUT2D eigenvalue weighted by molar-refractivity contribution is 4.87. The van der Waals surface area contributed by atoms with Gasteiger partial charge in [-0.05, 0) is 43.9 Å². The van der Waals surface area contributed by atoms with Crippen molar-refractivity contribution >= 4 is 0 Å². The lowest BCUT2D eigenvalue weighted by molar-refractivity contribution is -0.116. The summed E-state index contributed by atoms with van der Waals surface area (Å²) >= 11 is 0. The molecule has 0 radical (unpaired) electrons. The predicted molar refractivity (Wildman–Crippen MR) is 66.4 cm³/mol. The van der Waals surface area contributed by atoms with Crippen molar-refractivity contribution in [3.8, 4) is 0 Å². The van der Waals surface area contributed by atoms with Crippen LogP contribution in [0.2, 0.25) is 0 Å². The molecule has 1 saturated carbocycles. The van der Waals surface area contributed by atoms with Crippen LogP contribution in [0, 0.1) is 23.7 Å². The number of ether oxygens (including phenoxy) is 1. The van der Waals surface area contributed by atoms with Crippen molar-refractivity contribution in [1.82, 2.24) is 0 Å². The molecule has 1 heterocycles. The Balaban J connectivity index is 2.06. The van der Waals surface area contributed by atoms with Crippen LogP contribution in [0.25, 0.3) is 0 Å². The highest BCUT2D eigenvalue weighted by Gasteiger charge is 2.39. The minimum absolute atomic E-state index is 0.0280. The highest BCUT2D eigenvalue weighted by atomic mass is 16.5. The van der Waals surface area contributed by atoms with Crippen LogP contribution in [0.4, 0.5) is 0 Å². The lowest BCUT2D eigenvalue weighted by Crippen LogP contribution is -2.38. The fourth-order valence-corrected chi connectivity index (χ4v) is 3.69. The number of hydrogen-bond donors (Lipinski definition) is 2. The van der Waals surface area contributed by atoms with Gasteiger partial charge in [0.15, 0.2) is 6.29 Å². The molecular weight excluding hydrogens is 216 g/mol. The average Bonchev–Trinajstić information content (AvgIpc) is 2.50. The molecule has 5 atom stereocenters. The lowest BCUT2D eigenvalue weighted by atomic mass is 9.66. The summed E-state index contributed by atoms with van der Waals surface area (Å²) in [5.41, 5.74) is 0. The van der Waals surface area contributed by atoms with Gasteiger partial charge >= 0.3 is 0 Å². The molecule has 3 nitrogen and oxygen atoms in total. The third-order valence-electron chi connectivity index (χ3n) is 4.93. The summed E-state index contributed by atoms with van der Waals surface area (Å²) in [7, 11) is 0. The summed E-state index contributed by atoms with van der Waals surface area (Å²) in [6.07, 6.45) is 5.25. The molecule has 100 valence electrons. The first-order valence-electron chi connectivity index (χ1n) is 7.07. The highest BCUT2D eigenvalue weighted by Crippen LogP contribution is 2.43. The Hall–Kier alpha value is -0.120. The third kappa shape index (κ3) is 3.01. The van der Waals surface area contributed by atoms with Crippen LogP contribution in [-0.2, 0) is 4.74 Å². The van der Waals surface area contributed by atoms with Gasteiger partial charge in [-0.1, -0.05) is 19.8 Å². The largest absolute Gasteiger partial charge is 0.378 e. The van der Waals surface area contributed by atoms with Crippen molar-refractivity contribution in [2.24, 2.45) is 23.7 Å². The fourth-order valence-electron chi connectivity index (χ4n) is 3.69. The molecule has 1 aliphatic carbocycles. The number of rotatable bonds is 2. The van der Waals surface area contributed by atoms with E-state index in [0.29, 0.717) is 17.9 Å². The van der Waals surface area contributed by atoms with E-state index in [1.165, 1.54) is 19.3 Å². The Labute approximate surface area is 104 Å². The standard InChI is InChI=1S/C14H26O3/c1-9-6-7-11-4-3-5-12(10(2)14(15)16)13(11)8-17-9/h9-16H,3-8H2,1-2H3/t9?,10-,11-,12+,13?/m1/s1. The van der Waals surface area contributed by atoms with Crippen molar-refractivity contribution in [2.45, 2.75) is 58.3 Å². The minimum Gasteiger partial charge on any atom is -0.378 e. The zero-order chi connectivity index (χ0) is 12.4. The molecule has 0 aromatic heterocycles. The second-order valence-electron chi connectivity index (χ2n) is 6.01. The summed E-state index contributed by atoms with van der Waals surface area (Å²) in [4.78, 5) is 0. The van der Waals surface area contributed by atoms with E-state index in [1.807, 2.05) is 6.92 Å². The normalized spacial score (nSPS) is 40.8. The molecule has 2 fully saturated rings. The Morgan fingerprint density at radius 1 is 1.12 bits per heavy atom. The van der Waals surface area contributed by atoms with E-state index in [9.17, 15) is 10.2 Å². The van der Waals surface area contributed by atoms with Crippen molar-refractivity contribution < 1.29 is 14.9 Å². The van der Waals surface area contributed by atoms with Gasteiger partial charge in [0, 0.05) is 5.92 Å². The smallest absolute Gasteiger partial charge is 0.154 e. The molecule has 2 N–H and O–H groups in total. The Morgan fingerprint density at radius 2 is 1.88 bits per heavy atom. The molecule has 2 unspecified atom stereocenters. The first-order valence-corrected chi connectivity index (χ1v) is 7.07. The SMILES string of the molecule is CC1CC[C@H]2CCC[C@@H]([C@@H](C)C(O)O)C2CO1. The van der Waals surface area contributed by atoms with Gasteiger partial charge in [0.25, 0.3) is 0 Å². The zero-order valence-electron chi connectivity index (χ0n) is 11.0. The van der Waals surface area contributed by atoms with Crippen LogP contribution in [0.5, 0.6) is 0 Å². The molecule has 0 spiro atoms. The van der Waals surface area contributed by atoms with Crippen LogP contribution in [0.1, 0.15) is 46.0 Å². The maximum Gasteiger partial charge on any atom is 0.154 e. The van der Waals surface area contributed by atoms with E-state index in [1.54, 1.807) is 0 Å². The number of aliphatic hydroxyl groups is 2. The summed E-state index contributed by atoms with van der Waals surface area (Å²) in [5.74, 6) is 1.66. The number of fused-ring (bicyclic) bond motifs is 1. The minimum atomic E-state index is -1.18. The van der Waals surface area contributed by atoms with Crippen LogP contribution in [-0.4, -0.2) is 29.2 Å². The second kappa shape index (κ2) is 5.68. The van der Waals surface area contributed by atoms with Gasteiger partial charge in [-0.3, -0.25) is 0 Å². The van der Waals surface area contributed by atoms with Crippen LogP contribution >= 0.6 is 0 Å². The van der Waals surface area contributed by atoms with Crippen LogP contribution in [0.15, 0.2) is 0 Å². The molecule has 2 aliphatic rings. The fraction of sp³-hybridized carbons (Fsp3) is 1.00. The topological polar surface area (TPSA) is 49.7 Å². The summed E-state index contributed by atoms with van der Waals surface area (Å²) in [6, 6.07) is 0. The zero-order valence-corrected chi connectivity index (χ0v) is 11.0. The summed E-state index contributed by atoms with van der Waals surface area (Å²) in [6.45, 7) is 4.93. The lowest BCUT2D eigenvalue weighted by Gasteiger charge is -2.40. The molecule has 2 rings (SSSR count). The van der Waals surface area contributed by atoms with Crippen molar-refractivity contribution in [1.29, 1.82) is 0 Å². The van der Waals surface area contributed by atoms with Gasteiger partial charge in [-0.15, -0.1) is 0 Å². The molecule has 0 aromatic carbocycles. The number of hydrogen-bond acceptors (Lipinski definition) is 3. The van der Waals surface area contributed by atoms with Gasteiger partial charge in [0.2, 0.25) is 0 Å². The van der Waals surface area contributed by atoms with Crippen molar-refractivity contribution in [2.75, 3.05) is 6.61 Å². The molecule has 17 heavy (non-hydrogen) atoms. The first kappa shape index (κ1) is 13.3. The van der Waals surface area contributed by atoms with Gasteiger partial charge in [-0.25, -0.2) is 0 Å². The van der Waals surface area contributed by atoms with E-state index in [4.69, 9.17) is 4.74 Å². The predicted octanol–water partition coefficient (Wildman–Crippen LogP) is 2.16. The monoisotopic (exact) mass is 242 g/mol. The van der Waals surface area contributed by atoms with Gasteiger partial charge in [0.05, 0.1) is 12.7 Å². The Bertz CT molecular complexity index is 242. The third-order valence-corrected chi connectivity index (χ3v) is 4.93. The van der Waals surface area contributed by atoms with Gasteiger partial charge in [-0.2, -0.15) is 0 Å². The van der Waals surface area contributed by atoms with Gasteiger partial charge < -0.3 is 14.9 Å². The quantitative estimate of drug-likeness (QED) is 0.730. The van der Waals surface area contributed by atoms with E-state index >= 15 is 0 Å². The summed E-state index contributed by atoms with van der Waals surface area (Å²) < 4.78 is 5.87. The molecular formula is C14H26O3. The van der Waals surface area contributed by atoms with Crippen LogP contribution in [0.3, 0.4) is 0 Å². The molecule has 1 aliphatic heterocycles. The summed E-state index contributed by atoms with van der Waals surface area (Å²) in [5, 5.41) is 18.8. The van der Waals surface area contributed by atoms with Crippen molar-refractivity contribution in [3.05, 3.63) is 0 Å². The van der Waals surface area contributed by atoms with E-state index in [0.717, 1.165) is 25.4 Å². The van der Waals surface area contributed by atoms with E-state index < -0.39 is 6.29 Å². The molecule has 3 heteroatoms. The average molecular weight is 242 g/mol. The van der Waals surface area contributed by atoms with Crippen LogP contribution < -0.4 is 0 Å². The molecule has 0 amide bonds. The maximum atomic E-state index is 9.40. The molecule has 0 bridgehead atoms. The van der Waals surface area contributed by atoms with E-state index in [2.05, 4.69) is 6.92 Å². The van der Waals surface area contributed by atoms with Gasteiger partial charge in [0.1, 0.15) is 0 Å². The second-order valence-corrected chi connectivity index (χ2v) is 6.01. The Kier molecular flexibility index (Phi) is 4.45. The van der Waals surface area contributed by atoms with E-state index in [-0.39, 0.29) is 5.92 Å². The first-order chi connectivity index (χ1) is 8.09. The Morgan fingerprint density at radius 3 is 2.59 bits per heavy atom. The molecule has 0 aromatic rings.